The fourth-order valence-corrected chi connectivity index (χ4v) is 2.75. The Balaban J connectivity index is 1.74. The van der Waals surface area contributed by atoms with Gasteiger partial charge in [-0.1, -0.05) is 17.3 Å². The molecule has 29 heavy (non-hydrogen) atoms. The van der Waals surface area contributed by atoms with Crippen LogP contribution in [-0.4, -0.2) is 30.3 Å². The molecule has 2 aromatic carbocycles. The molecule has 0 bridgehead atoms. The van der Waals surface area contributed by atoms with Crippen molar-refractivity contribution in [3.8, 4) is 22.9 Å². The van der Waals surface area contributed by atoms with Gasteiger partial charge in [-0.3, -0.25) is 4.79 Å². The molecule has 3 rings (SSSR count). The highest BCUT2D eigenvalue weighted by atomic mass is 19.3. The van der Waals surface area contributed by atoms with E-state index < -0.39 is 12.3 Å². The Morgan fingerprint density at radius 3 is 2.41 bits per heavy atom. The third-order valence-electron chi connectivity index (χ3n) is 4.28. The van der Waals surface area contributed by atoms with Crippen molar-refractivity contribution in [1.29, 1.82) is 0 Å². The van der Waals surface area contributed by atoms with Gasteiger partial charge in [0.15, 0.2) is 0 Å². The normalized spacial score (nSPS) is 11.9. The zero-order chi connectivity index (χ0) is 21.0. The van der Waals surface area contributed by atoms with Gasteiger partial charge < -0.3 is 19.3 Å². The number of amides is 1. The monoisotopic (exact) mass is 403 g/mol. The van der Waals surface area contributed by atoms with E-state index in [9.17, 15) is 13.6 Å². The largest absolute Gasteiger partial charge is 0.497 e. The van der Waals surface area contributed by atoms with Crippen LogP contribution in [0.15, 0.2) is 47.0 Å². The van der Waals surface area contributed by atoms with Crippen molar-refractivity contribution in [2.45, 2.75) is 19.4 Å². The summed E-state index contributed by atoms with van der Waals surface area (Å²) < 4.78 is 40.2. The summed E-state index contributed by atoms with van der Waals surface area (Å²) in [6, 6.07) is 11.2. The Morgan fingerprint density at radius 1 is 1.10 bits per heavy atom. The number of alkyl halides is 2. The maximum absolute atomic E-state index is 12.6. The molecule has 9 heteroatoms. The number of aromatic nitrogens is 2. The van der Waals surface area contributed by atoms with E-state index in [4.69, 9.17) is 9.47 Å². The van der Waals surface area contributed by atoms with E-state index in [1.807, 2.05) is 6.92 Å². The number of carbonyl (C=O) groups is 1. The Labute approximate surface area is 165 Å². The molecule has 7 nitrogen and oxygen atoms in total. The van der Waals surface area contributed by atoms with Gasteiger partial charge in [0.05, 0.1) is 20.3 Å². The molecule has 0 saturated carbocycles. The number of halogens is 2. The second-order valence-electron chi connectivity index (χ2n) is 6.14. The lowest BCUT2D eigenvalue weighted by Crippen LogP contribution is -2.26. The molecule has 0 saturated heterocycles. The second-order valence-corrected chi connectivity index (χ2v) is 6.14. The molecule has 1 atom stereocenters. The fourth-order valence-electron chi connectivity index (χ4n) is 2.75. The van der Waals surface area contributed by atoms with E-state index >= 15 is 0 Å². The lowest BCUT2D eigenvalue weighted by Gasteiger charge is -2.18. The first-order chi connectivity index (χ1) is 13.9. The van der Waals surface area contributed by atoms with Gasteiger partial charge in [0.25, 0.3) is 11.8 Å². The van der Waals surface area contributed by atoms with Gasteiger partial charge in [-0.05, 0) is 37.3 Å². The average molecular weight is 403 g/mol. The van der Waals surface area contributed by atoms with Crippen molar-refractivity contribution in [3.05, 3.63) is 59.5 Å². The van der Waals surface area contributed by atoms with Crippen LogP contribution in [0.2, 0.25) is 0 Å². The number of hydrogen-bond acceptors (Lipinski definition) is 6. The van der Waals surface area contributed by atoms with Crippen LogP contribution in [0.3, 0.4) is 0 Å². The minimum Gasteiger partial charge on any atom is -0.497 e. The Kier molecular flexibility index (Phi) is 6.06. The van der Waals surface area contributed by atoms with E-state index in [0.29, 0.717) is 22.6 Å². The van der Waals surface area contributed by atoms with Crippen LogP contribution < -0.4 is 14.8 Å². The molecule has 0 spiro atoms. The predicted molar refractivity (Wildman–Crippen MR) is 100 cm³/mol. The van der Waals surface area contributed by atoms with Crippen molar-refractivity contribution in [2.75, 3.05) is 14.2 Å². The highest BCUT2D eigenvalue weighted by Crippen LogP contribution is 2.29. The summed E-state index contributed by atoms with van der Waals surface area (Å²) in [5, 5.41) is 6.41. The summed E-state index contributed by atoms with van der Waals surface area (Å²) in [4.78, 5) is 16.2. The van der Waals surface area contributed by atoms with Crippen LogP contribution in [0, 0.1) is 0 Å². The van der Waals surface area contributed by atoms with Gasteiger partial charge >= 0.3 is 6.43 Å². The highest BCUT2D eigenvalue weighted by molar-refractivity contribution is 5.94. The highest BCUT2D eigenvalue weighted by Gasteiger charge is 2.19. The minimum absolute atomic E-state index is 0.0294. The summed E-state index contributed by atoms with van der Waals surface area (Å²) in [6.07, 6.45) is -2.84. The van der Waals surface area contributed by atoms with Crippen LogP contribution in [-0.2, 0) is 0 Å². The predicted octanol–water partition coefficient (Wildman–Crippen LogP) is 4.18. The van der Waals surface area contributed by atoms with E-state index in [2.05, 4.69) is 20.0 Å². The SMILES string of the molecule is COc1ccc(OC)c([C@@H](C)NC(=O)c2ccc(-c3noc(C(F)F)n3)cc2)c1. The molecule has 1 amide bonds. The molecular formula is C20H19F2N3O4. The average Bonchev–Trinajstić information content (AvgIpc) is 3.24. The Morgan fingerprint density at radius 2 is 1.83 bits per heavy atom. The molecule has 0 aliphatic carbocycles. The molecule has 0 aliphatic rings. The smallest absolute Gasteiger partial charge is 0.315 e. The summed E-state index contributed by atoms with van der Waals surface area (Å²) in [6.45, 7) is 1.83. The summed E-state index contributed by atoms with van der Waals surface area (Å²) in [5.41, 5.74) is 1.61. The van der Waals surface area contributed by atoms with E-state index in [1.165, 1.54) is 0 Å². The number of ether oxygens (including phenoxy) is 2. The van der Waals surface area contributed by atoms with E-state index in [0.717, 1.165) is 5.56 Å². The van der Waals surface area contributed by atoms with Gasteiger partial charge in [-0.15, -0.1) is 0 Å². The standard InChI is InChI=1S/C20H19F2N3O4/c1-11(15-10-14(27-2)8-9-16(15)28-3)23-19(26)13-6-4-12(5-7-13)18-24-20(17(21)22)29-25-18/h4-11,17H,1-3H3,(H,23,26)/t11-/m1/s1. The maximum atomic E-state index is 12.6. The molecular weight excluding hydrogens is 384 g/mol. The van der Waals surface area contributed by atoms with E-state index in [-0.39, 0.29) is 17.8 Å². The number of benzene rings is 2. The molecule has 0 radical (unpaired) electrons. The molecule has 0 fully saturated rings. The number of methoxy groups -OCH3 is 2. The number of nitrogens with one attached hydrogen (secondary N) is 1. The van der Waals surface area contributed by atoms with Crippen LogP contribution in [0.1, 0.15) is 41.2 Å². The zero-order valence-corrected chi connectivity index (χ0v) is 16.0. The fraction of sp³-hybridized carbons (Fsp3) is 0.250. The maximum Gasteiger partial charge on any atom is 0.315 e. The van der Waals surface area contributed by atoms with Crippen molar-refractivity contribution < 1.29 is 27.6 Å². The molecule has 1 aromatic heterocycles. The lowest BCUT2D eigenvalue weighted by atomic mass is 10.1. The molecule has 152 valence electrons. The first-order valence-corrected chi connectivity index (χ1v) is 8.68. The summed E-state index contributed by atoms with van der Waals surface area (Å²) in [5.74, 6) is 0.246. The first-order valence-electron chi connectivity index (χ1n) is 8.68. The third kappa shape index (κ3) is 4.50. The third-order valence-corrected chi connectivity index (χ3v) is 4.28. The summed E-state index contributed by atoms with van der Waals surface area (Å²) >= 11 is 0. The number of hydrogen-bond donors (Lipinski definition) is 1. The first kappa shape index (κ1) is 20.2. The number of nitrogens with zero attached hydrogens (tertiary/aromatic N) is 2. The van der Waals surface area contributed by atoms with Gasteiger partial charge in [-0.25, -0.2) is 0 Å². The van der Waals surface area contributed by atoms with Crippen molar-refractivity contribution in [2.24, 2.45) is 0 Å². The second kappa shape index (κ2) is 8.68. The minimum atomic E-state index is -2.84. The van der Waals surface area contributed by atoms with Crippen LogP contribution in [0.4, 0.5) is 8.78 Å². The molecule has 1 N–H and O–H groups in total. The van der Waals surface area contributed by atoms with Crippen molar-refractivity contribution in [1.82, 2.24) is 15.5 Å². The van der Waals surface area contributed by atoms with Crippen molar-refractivity contribution >= 4 is 5.91 Å². The number of rotatable bonds is 7. The Bertz CT molecular complexity index is 990. The molecule has 0 aliphatic heterocycles. The van der Waals surface area contributed by atoms with Gasteiger partial charge in [0, 0.05) is 16.7 Å². The Hall–Kier alpha value is -3.49. The van der Waals surface area contributed by atoms with Crippen molar-refractivity contribution in [3.63, 3.8) is 0 Å². The molecule has 0 unspecified atom stereocenters. The summed E-state index contributed by atoms with van der Waals surface area (Å²) in [7, 11) is 3.11. The van der Waals surface area contributed by atoms with Gasteiger partial charge in [-0.2, -0.15) is 13.8 Å². The quantitative estimate of drug-likeness (QED) is 0.637. The van der Waals surface area contributed by atoms with Crippen LogP contribution in [0.25, 0.3) is 11.4 Å². The van der Waals surface area contributed by atoms with Gasteiger partial charge in [0.1, 0.15) is 11.5 Å². The molecule has 1 heterocycles. The van der Waals surface area contributed by atoms with E-state index in [1.54, 1.807) is 56.7 Å². The topological polar surface area (TPSA) is 86.5 Å². The van der Waals surface area contributed by atoms with Gasteiger partial charge in [0.2, 0.25) is 5.82 Å². The molecule has 3 aromatic rings. The zero-order valence-electron chi connectivity index (χ0n) is 16.0. The van der Waals surface area contributed by atoms with Crippen LogP contribution in [0.5, 0.6) is 11.5 Å². The number of carbonyl (C=O) groups excluding carboxylic acids is 1. The lowest BCUT2D eigenvalue weighted by molar-refractivity contribution is 0.0939. The van der Waals surface area contributed by atoms with Crippen LogP contribution >= 0.6 is 0 Å².